The van der Waals surface area contributed by atoms with Gasteiger partial charge in [-0.3, -0.25) is 0 Å². The summed E-state index contributed by atoms with van der Waals surface area (Å²) in [6.07, 6.45) is 2.69. The summed E-state index contributed by atoms with van der Waals surface area (Å²) >= 11 is 0. The summed E-state index contributed by atoms with van der Waals surface area (Å²) in [5.41, 5.74) is 5.61. The molecule has 0 aromatic heterocycles. The van der Waals surface area contributed by atoms with Gasteiger partial charge in [0, 0.05) is 19.6 Å². The van der Waals surface area contributed by atoms with E-state index in [1.165, 1.54) is 0 Å². The Hall–Kier alpha value is -0.170. The quantitative estimate of drug-likeness (QED) is 0.758. The van der Waals surface area contributed by atoms with Crippen molar-refractivity contribution in [1.82, 2.24) is 9.03 Å². The van der Waals surface area contributed by atoms with Crippen molar-refractivity contribution in [2.75, 3.05) is 26.2 Å². The van der Waals surface area contributed by atoms with Gasteiger partial charge in [-0.05, 0) is 37.1 Å². The number of hydrogen-bond donors (Lipinski definition) is 2. The van der Waals surface area contributed by atoms with E-state index < -0.39 is 10.2 Å². The Labute approximate surface area is 111 Å². The lowest BCUT2D eigenvalue weighted by atomic mass is 9.91. The Morgan fingerprint density at radius 1 is 1.33 bits per heavy atom. The Kier molecular flexibility index (Phi) is 5.58. The average molecular weight is 277 g/mol. The zero-order valence-electron chi connectivity index (χ0n) is 11.8. The SMILES string of the molecule is CCC(C)(C)CNS(=O)(=O)N1CCC(CN)CC1. The van der Waals surface area contributed by atoms with Crippen LogP contribution in [0.4, 0.5) is 0 Å². The monoisotopic (exact) mass is 277 g/mol. The summed E-state index contributed by atoms with van der Waals surface area (Å²) in [4.78, 5) is 0. The Balaban J connectivity index is 2.50. The van der Waals surface area contributed by atoms with E-state index in [1.807, 2.05) is 0 Å². The molecule has 1 aliphatic rings. The van der Waals surface area contributed by atoms with Crippen LogP contribution in [0.3, 0.4) is 0 Å². The third kappa shape index (κ3) is 4.50. The van der Waals surface area contributed by atoms with Crippen LogP contribution in [0.25, 0.3) is 0 Å². The minimum atomic E-state index is -3.32. The van der Waals surface area contributed by atoms with Crippen LogP contribution < -0.4 is 10.5 Å². The molecule has 0 saturated carbocycles. The largest absolute Gasteiger partial charge is 0.330 e. The van der Waals surface area contributed by atoms with E-state index in [0.29, 0.717) is 32.1 Å². The molecule has 0 unspecified atom stereocenters. The molecule has 3 N–H and O–H groups in total. The van der Waals surface area contributed by atoms with Crippen LogP contribution in [0.15, 0.2) is 0 Å². The fourth-order valence-electron chi connectivity index (χ4n) is 1.89. The van der Waals surface area contributed by atoms with Gasteiger partial charge in [-0.15, -0.1) is 0 Å². The van der Waals surface area contributed by atoms with Gasteiger partial charge in [0.1, 0.15) is 0 Å². The standard InChI is InChI=1S/C12H27N3O2S/c1-4-12(2,3)10-14-18(16,17)15-7-5-11(9-13)6-8-15/h11,14H,4-10,13H2,1-3H3. The highest BCUT2D eigenvalue weighted by molar-refractivity contribution is 7.87. The normalized spacial score (nSPS) is 20.2. The van der Waals surface area contributed by atoms with Crippen LogP contribution in [-0.2, 0) is 10.2 Å². The number of rotatable bonds is 6. The fraction of sp³-hybridized carbons (Fsp3) is 1.00. The van der Waals surface area contributed by atoms with Gasteiger partial charge in [0.25, 0.3) is 10.2 Å². The molecular weight excluding hydrogens is 250 g/mol. The number of nitrogens with one attached hydrogen (secondary N) is 1. The van der Waals surface area contributed by atoms with Gasteiger partial charge < -0.3 is 5.73 Å². The zero-order valence-corrected chi connectivity index (χ0v) is 12.6. The van der Waals surface area contributed by atoms with Crippen molar-refractivity contribution >= 4 is 10.2 Å². The predicted molar refractivity (Wildman–Crippen MR) is 74.3 cm³/mol. The van der Waals surface area contributed by atoms with E-state index in [4.69, 9.17) is 5.73 Å². The highest BCUT2D eigenvalue weighted by Gasteiger charge is 2.28. The summed E-state index contributed by atoms with van der Waals surface area (Å²) in [5, 5.41) is 0. The van der Waals surface area contributed by atoms with Crippen LogP contribution in [0, 0.1) is 11.3 Å². The molecule has 5 nitrogen and oxygen atoms in total. The van der Waals surface area contributed by atoms with E-state index in [2.05, 4.69) is 25.5 Å². The van der Waals surface area contributed by atoms with Crippen molar-refractivity contribution in [3.05, 3.63) is 0 Å². The maximum Gasteiger partial charge on any atom is 0.279 e. The minimum Gasteiger partial charge on any atom is -0.330 e. The molecule has 0 aromatic carbocycles. The second-order valence-electron chi connectivity index (χ2n) is 5.92. The predicted octanol–water partition coefficient (Wildman–Crippen LogP) is 0.928. The second-order valence-corrected chi connectivity index (χ2v) is 7.68. The smallest absolute Gasteiger partial charge is 0.279 e. The van der Waals surface area contributed by atoms with Crippen LogP contribution in [-0.4, -0.2) is 38.9 Å². The summed E-state index contributed by atoms with van der Waals surface area (Å²) in [5.74, 6) is 0.475. The van der Waals surface area contributed by atoms with Crippen molar-refractivity contribution in [2.24, 2.45) is 17.1 Å². The molecule has 0 amide bonds. The summed E-state index contributed by atoms with van der Waals surface area (Å²) in [6, 6.07) is 0. The maximum atomic E-state index is 12.1. The van der Waals surface area contributed by atoms with Gasteiger partial charge in [-0.1, -0.05) is 20.8 Å². The van der Waals surface area contributed by atoms with Crippen LogP contribution in [0.1, 0.15) is 40.0 Å². The molecule has 0 bridgehead atoms. The van der Waals surface area contributed by atoms with E-state index in [1.54, 1.807) is 4.31 Å². The summed E-state index contributed by atoms with van der Waals surface area (Å²) in [6.45, 7) is 8.52. The molecule has 1 aliphatic heterocycles. The van der Waals surface area contributed by atoms with Crippen molar-refractivity contribution in [3.63, 3.8) is 0 Å². The lowest BCUT2D eigenvalue weighted by Crippen LogP contribution is -2.47. The van der Waals surface area contributed by atoms with Crippen molar-refractivity contribution in [3.8, 4) is 0 Å². The maximum absolute atomic E-state index is 12.1. The Morgan fingerprint density at radius 3 is 2.33 bits per heavy atom. The van der Waals surface area contributed by atoms with Gasteiger partial charge in [-0.25, -0.2) is 4.72 Å². The van der Waals surface area contributed by atoms with Crippen molar-refractivity contribution in [2.45, 2.75) is 40.0 Å². The van der Waals surface area contributed by atoms with Crippen molar-refractivity contribution in [1.29, 1.82) is 0 Å². The molecule has 6 heteroatoms. The number of nitrogens with zero attached hydrogens (tertiary/aromatic N) is 1. The van der Waals surface area contributed by atoms with Gasteiger partial charge in [0.05, 0.1) is 0 Å². The first-order valence-corrected chi connectivity index (χ1v) is 8.19. The molecule has 1 fully saturated rings. The van der Waals surface area contributed by atoms with Crippen LogP contribution in [0.5, 0.6) is 0 Å². The molecule has 108 valence electrons. The first-order chi connectivity index (χ1) is 8.30. The Morgan fingerprint density at radius 2 is 1.89 bits per heavy atom. The van der Waals surface area contributed by atoms with Gasteiger partial charge in [0.15, 0.2) is 0 Å². The van der Waals surface area contributed by atoms with Gasteiger partial charge in [0.2, 0.25) is 0 Å². The third-order valence-electron chi connectivity index (χ3n) is 3.94. The first kappa shape index (κ1) is 15.9. The molecule has 1 heterocycles. The molecule has 18 heavy (non-hydrogen) atoms. The third-order valence-corrected chi connectivity index (χ3v) is 5.49. The second kappa shape index (κ2) is 6.32. The molecular formula is C12H27N3O2S. The van der Waals surface area contributed by atoms with Crippen LogP contribution >= 0.6 is 0 Å². The van der Waals surface area contributed by atoms with E-state index in [9.17, 15) is 8.42 Å². The van der Waals surface area contributed by atoms with Crippen LogP contribution in [0.2, 0.25) is 0 Å². The zero-order chi connectivity index (χ0) is 13.8. The van der Waals surface area contributed by atoms with Crippen molar-refractivity contribution < 1.29 is 8.42 Å². The topological polar surface area (TPSA) is 75.4 Å². The summed E-state index contributed by atoms with van der Waals surface area (Å²) in [7, 11) is -3.32. The van der Waals surface area contributed by atoms with Gasteiger partial charge >= 0.3 is 0 Å². The summed E-state index contributed by atoms with van der Waals surface area (Å²) < 4.78 is 28.5. The molecule has 0 aromatic rings. The number of hydrogen-bond acceptors (Lipinski definition) is 3. The highest BCUT2D eigenvalue weighted by Crippen LogP contribution is 2.20. The fourth-order valence-corrected chi connectivity index (χ4v) is 3.34. The first-order valence-electron chi connectivity index (χ1n) is 6.75. The minimum absolute atomic E-state index is 0.00263. The van der Waals surface area contributed by atoms with Gasteiger partial charge in [-0.2, -0.15) is 12.7 Å². The van der Waals surface area contributed by atoms with E-state index in [-0.39, 0.29) is 5.41 Å². The molecule has 0 aliphatic carbocycles. The molecule has 0 spiro atoms. The molecule has 0 atom stereocenters. The Bertz CT molecular complexity index is 346. The van der Waals surface area contributed by atoms with E-state index >= 15 is 0 Å². The lowest BCUT2D eigenvalue weighted by molar-refractivity contribution is 0.271. The molecule has 1 saturated heterocycles. The highest BCUT2D eigenvalue weighted by atomic mass is 32.2. The number of piperidine rings is 1. The lowest BCUT2D eigenvalue weighted by Gasteiger charge is -2.32. The number of nitrogens with two attached hydrogens (primary N) is 1. The molecule has 0 radical (unpaired) electrons. The average Bonchev–Trinajstić information content (AvgIpc) is 2.37. The molecule has 1 rings (SSSR count). The van der Waals surface area contributed by atoms with E-state index in [0.717, 1.165) is 19.3 Å².